The van der Waals surface area contributed by atoms with Gasteiger partial charge in [0.1, 0.15) is 11.9 Å². The van der Waals surface area contributed by atoms with Crippen molar-refractivity contribution in [1.29, 1.82) is 0 Å². The molecule has 6 heteroatoms. The van der Waals surface area contributed by atoms with Gasteiger partial charge in [-0.2, -0.15) is 0 Å². The van der Waals surface area contributed by atoms with E-state index in [1.165, 1.54) is 11.3 Å². The zero-order valence-corrected chi connectivity index (χ0v) is 12.9. The van der Waals surface area contributed by atoms with Crippen molar-refractivity contribution < 1.29 is 19.3 Å². The third-order valence-corrected chi connectivity index (χ3v) is 4.18. The minimum absolute atomic E-state index is 0.527. The molecule has 4 nitrogen and oxygen atoms in total. The molecule has 0 saturated carbocycles. The minimum atomic E-state index is -0.831. The van der Waals surface area contributed by atoms with Crippen LogP contribution in [0.5, 0.6) is 17.2 Å². The maximum atomic E-state index is 10.5. The van der Waals surface area contributed by atoms with Crippen molar-refractivity contribution in [1.82, 2.24) is 0 Å². The summed E-state index contributed by atoms with van der Waals surface area (Å²) in [6.45, 7) is 0. The average molecular weight is 315 g/mol. The van der Waals surface area contributed by atoms with Gasteiger partial charge in [-0.05, 0) is 18.2 Å². The number of rotatable bonds is 5. The topological polar surface area (TPSA) is 47.9 Å². The Hall–Kier alpha value is -1.43. The van der Waals surface area contributed by atoms with Crippen LogP contribution < -0.4 is 14.2 Å². The molecule has 1 aromatic heterocycles. The molecule has 1 atom stereocenters. The number of methoxy groups -OCH3 is 3. The normalized spacial score (nSPS) is 12.1. The summed E-state index contributed by atoms with van der Waals surface area (Å²) in [6.07, 6.45) is -0.831. The van der Waals surface area contributed by atoms with Crippen LogP contribution in [0.25, 0.3) is 0 Å². The van der Waals surface area contributed by atoms with Crippen LogP contribution in [-0.2, 0) is 0 Å². The van der Waals surface area contributed by atoms with Crippen molar-refractivity contribution in [2.45, 2.75) is 6.10 Å². The minimum Gasteiger partial charge on any atom is -0.496 e. The van der Waals surface area contributed by atoms with Gasteiger partial charge in [-0.1, -0.05) is 11.6 Å². The summed E-state index contributed by atoms with van der Waals surface area (Å²) in [6, 6.07) is 6.92. The lowest BCUT2D eigenvalue weighted by Crippen LogP contribution is -2.02. The molecule has 0 aliphatic heterocycles. The molecule has 1 heterocycles. The standard InChI is InChI=1S/C14H15ClO4S/c1-17-9-7-11(19-3)10(18-2)6-8(9)14(16)12-4-5-13(15)20-12/h4-7,14,16H,1-3H3. The highest BCUT2D eigenvalue weighted by atomic mass is 35.5. The Morgan fingerprint density at radius 3 is 2.10 bits per heavy atom. The van der Waals surface area contributed by atoms with Gasteiger partial charge < -0.3 is 19.3 Å². The van der Waals surface area contributed by atoms with Crippen molar-refractivity contribution >= 4 is 22.9 Å². The molecule has 20 heavy (non-hydrogen) atoms. The van der Waals surface area contributed by atoms with E-state index in [1.807, 2.05) is 0 Å². The van der Waals surface area contributed by atoms with E-state index >= 15 is 0 Å². The fourth-order valence-corrected chi connectivity index (χ4v) is 2.96. The van der Waals surface area contributed by atoms with Crippen LogP contribution in [0.2, 0.25) is 4.34 Å². The Balaban J connectivity index is 2.49. The number of hydrogen-bond acceptors (Lipinski definition) is 5. The summed E-state index contributed by atoms with van der Waals surface area (Å²) >= 11 is 7.22. The number of aliphatic hydroxyl groups is 1. The third-order valence-electron chi connectivity index (χ3n) is 2.89. The highest BCUT2D eigenvalue weighted by Crippen LogP contribution is 2.41. The summed E-state index contributed by atoms with van der Waals surface area (Å²) in [5.74, 6) is 1.61. The Bertz CT molecular complexity index is 597. The van der Waals surface area contributed by atoms with Crippen molar-refractivity contribution in [2.75, 3.05) is 21.3 Å². The molecule has 0 fully saturated rings. The fourth-order valence-electron chi connectivity index (χ4n) is 1.90. The molecule has 108 valence electrons. The SMILES string of the molecule is COc1cc(OC)c(C(O)c2ccc(Cl)s2)cc1OC. The second kappa shape index (κ2) is 6.35. The quantitative estimate of drug-likeness (QED) is 0.917. The Kier molecular flexibility index (Phi) is 4.75. The molecule has 0 saturated heterocycles. The predicted molar refractivity (Wildman–Crippen MR) is 79.5 cm³/mol. The number of aliphatic hydroxyl groups excluding tert-OH is 1. The largest absolute Gasteiger partial charge is 0.496 e. The average Bonchev–Trinajstić information content (AvgIpc) is 2.91. The smallest absolute Gasteiger partial charge is 0.164 e. The van der Waals surface area contributed by atoms with Gasteiger partial charge in [0.15, 0.2) is 11.5 Å². The lowest BCUT2D eigenvalue weighted by molar-refractivity contribution is 0.217. The molecule has 0 amide bonds. The van der Waals surface area contributed by atoms with Crippen molar-refractivity contribution in [3.8, 4) is 17.2 Å². The Labute approximate surface area is 126 Å². The monoisotopic (exact) mass is 314 g/mol. The first-order valence-corrected chi connectivity index (χ1v) is 7.03. The molecule has 2 aromatic rings. The Morgan fingerprint density at radius 1 is 1.00 bits per heavy atom. The van der Waals surface area contributed by atoms with Crippen LogP contribution in [0.4, 0.5) is 0 Å². The van der Waals surface area contributed by atoms with Crippen LogP contribution in [0.3, 0.4) is 0 Å². The molecule has 1 unspecified atom stereocenters. The van der Waals surface area contributed by atoms with E-state index < -0.39 is 6.10 Å². The van der Waals surface area contributed by atoms with Crippen LogP contribution in [0.15, 0.2) is 24.3 Å². The van der Waals surface area contributed by atoms with E-state index in [4.69, 9.17) is 25.8 Å². The number of halogens is 1. The molecule has 0 spiro atoms. The van der Waals surface area contributed by atoms with Gasteiger partial charge in [0.05, 0.1) is 25.7 Å². The van der Waals surface area contributed by atoms with Crippen molar-refractivity contribution in [2.24, 2.45) is 0 Å². The van der Waals surface area contributed by atoms with E-state index in [1.54, 1.807) is 45.6 Å². The molecule has 0 aliphatic carbocycles. The summed E-state index contributed by atoms with van der Waals surface area (Å²) < 4.78 is 16.4. The highest BCUT2D eigenvalue weighted by Gasteiger charge is 2.20. The van der Waals surface area contributed by atoms with E-state index in [0.29, 0.717) is 27.1 Å². The van der Waals surface area contributed by atoms with Crippen molar-refractivity contribution in [3.63, 3.8) is 0 Å². The summed E-state index contributed by atoms with van der Waals surface area (Å²) in [5.41, 5.74) is 0.601. The second-order valence-electron chi connectivity index (χ2n) is 3.99. The van der Waals surface area contributed by atoms with Gasteiger partial charge in [-0.25, -0.2) is 0 Å². The van der Waals surface area contributed by atoms with Crippen LogP contribution >= 0.6 is 22.9 Å². The fraction of sp³-hybridized carbons (Fsp3) is 0.286. The molecule has 0 aliphatic rings. The van der Waals surface area contributed by atoms with Gasteiger partial charge in [0.25, 0.3) is 0 Å². The zero-order valence-electron chi connectivity index (χ0n) is 11.3. The highest BCUT2D eigenvalue weighted by molar-refractivity contribution is 7.16. The predicted octanol–water partition coefficient (Wildman–Crippen LogP) is 3.51. The van der Waals surface area contributed by atoms with Crippen LogP contribution in [0.1, 0.15) is 16.5 Å². The van der Waals surface area contributed by atoms with E-state index in [9.17, 15) is 5.11 Å². The summed E-state index contributed by atoms with van der Waals surface area (Å²) in [4.78, 5) is 0.737. The van der Waals surface area contributed by atoms with E-state index in [-0.39, 0.29) is 0 Å². The maximum absolute atomic E-state index is 10.5. The summed E-state index contributed by atoms with van der Waals surface area (Å²) in [7, 11) is 4.63. The first kappa shape index (κ1) is 15.0. The molecule has 2 rings (SSSR count). The first-order chi connectivity index (χ1) is 9.60. The number of hydrogen-bond donors (Lipinski definition) is 1. The zero-order chi connectivity index (χ0) is 14.7. The van der Waals surface area contributed by atoms with Crippen LogP contribution in [-0.4, -0.2) is 26.4 Å². The van der Waals surface area contributed by atoms with E-state index in [2.05, 4.69) is 0 Å². The maximum Gasteiger partial charge on any atom is 0.164 e. The van der Waals surface area contributed by atoms with Gasteiger partial charge in [0, 0.05) is 16.5 Å². The number of ether oxygens (including phenoxy) is 3. The summed E-state index contributed by atoms with van der Waals surface area (Å²) in [5, 5.41) is 10.5. The van der Waals surface area contributed by atoms with Gasteiger partial charge in [0.2, 0.25) is 0 Å². The first-order valence-electron chi connectivity index (χ1n) is 5.84. The second-order valence-corrected chi connectivity index (χ2v) is 5.74. The van der Waals surface area contributed by atoms with Gasteiger partial charge in [-0.3, -0.25) is 0 Å². The lowest BCUT2D eigenvalue weighted by atomic mass is 10.1. The van der Waals surface area contributed by atoms with E-state index in [0.717, 1.165) is 4.88 Å². The Morgan fingerprint density at radius 2 is 1.60 bits per heavy atom. The van der Waals surface area contributed by atoms with Crippen molar-refractivity contribution in [3.05, 3.63) is 39.0 Å². The molecule has 1 N–H and O–H groups in total. The van der Waals surface area contributed by atoms with Gasteiger partial charge >= 0.3 is 0 Å². The molecule has 1 aromatic carbocycles. The number of benzene rings is 1. The third kappa shape index (κ3) is 2.85. The number of thiophene rings is 1. The van der Waals surface area contributed by atoms with Gasteiger partial charge in [-0.15, -0.1) is 11.3 Å². The molecular weight excluding hydrogens is 300 g/mol. The molecule has 0 radical (unpaired) electrons. The lowest BCUT2D eigenvalue weighted by Gasteiger charge is -2.17. The van der Waals surface area contributed by atoms with Crippen LogP contribution in [0, 0.1) is 0 Å². The molecular formula is C14H15ClO4S. The molecule has 0 bridgehead atoms.